The second-order valence-corrected chi connectivity index (χ2v) is 15.1. The molecule has 0 radical (unpaired) electrons. The van der Waals surface area contributed by atoms with Crippen molar-refractivity contribution in [2.75, 3.05) is 0 Å². The zero-order chi connectivity index (χ0) is 34.9. The molecule has 2 aromatic heterocycles. The highest BCUT2D eigenvalue weighted by Gasteiger charge is 2.28. The van der Waals surface area contributed by atoms with E-state index in [1.807, 2.05) is 49.1 Å². The summed E-state index contributed by atoms with van der Waals surface area (Å²) < 4.78 is 0. The first-order valence-corrected chi connectivity index (χ1v) is 18.7. The Morgan fingerprint density at radius 3 is 1.26 bits per heavy atom. The Bertz CT molecular complexity index is 1650. The second kappa shape index (κ2) is 17.2. The molecule has 7 nitrogen and oxygen atoms in total. The van der Waals surface area contributed by atoms with Crippen molar-refractivity contribution in [2.24, 2.45) is 11.8 Å². The summed E-state index contributed by atoms with van der Waals surface area (Å²) >= 11 is 13.3. The van der Waals surface area contributed by atoms with Crippen molar-refractivity contribution in [3.05, 3.63) is 118 Å². The monoisotopic (exact) mass is 704 g/mol. The molecule has 2 aliphatic carbocycles. The van der Waals surface area contributed by atoms with E-state index in [0.717, 1.165) is 73.6 Å². The van der Waals surface area contributed by atoms with Gasteiger partial charge in [-0.15, -0.1) is 23.2 Å². The fourth-order valence-electron chi connectivity index (χ4n) is 7.60. The van der Waals surface area contributed by atoms with Crippen LogP contribution in [0, 0.1) is 34.5 Å². The Morgan fingerprint density at radius 1 is 0.600 bits per heavy atom. The van der Waals surface area contributed by atoms with Gasteiger partial charge in [-0.1, -0.05) is 24.3 Å². The lowest BCUT2D eigenvalue weighted by molar-refractivity contribution is -0.121. The van der Waals surface area contributed by atoms with Crippen molar-refractivity contribution in [3.63, 3.8) is 0 Å². The number of hydrogen-bond acceptors (Lipinski definition) is 7. The molecule has 0 spiro atoms. The lowest BCUT2D eigenvalue weighted by Crippen LogP contribution is -2.20. The van der Waals surface area contributed by atoms with Crippen LogP contribution in [0.15, 0.2) is 73.3 Å². The molecule has 2 aliphatic rings. The Labute approximate surface area is 305 Å². The molecule has 2 saturated carbocycles. The molecule has 50 heavy (non-hydrogen) atoms. The van der Waals surface area contributed by atoms with Crippen LogP contribution in [0.25, 0.3) is 0 Å². The van der Waals surface area contributed by atoms with Gasteiger partial charge in [0.1, 0.15) is 17.4 Å². The molecule has 0 aliphatic heterocycles. The highest BCUT2D eigenvalue weighted by Crippen LogP contribution is 2.40. The van der Waals surface area contributed by atoms with Crippen LogP contribution in [-0.2, 0) is 17.6 Å². The van der Waals surface area contributed by atoms with Crippen LogP contribution < -0.4 is 0 Å². The van der Waals surface area contributed by atoms with Gasteiger partial charge in [0.05, 0.1) is 34.0 Å². The minimum atomic E-state index is -0.328. The lowest BCUT2D eigenvalue weighted by Gasteiger charge is -2.30. The third-order valence-electron chi connectivity index (χ3n) is 10.6. The molecule has 0 saturated heterocycles. The lowest BCUT2D eigenvalue weighted by atomic mass is 9.75. The molecule has 2 heterocycles. The number of carbonyl (C=O) groups is 1. The van der Waals surface area contributed by atoms with Gasteiger partial charge >= 0.3 is 0 Å². The van der Waals surface area contributed by atoms with E-state index < -0.39 is 0 Å². The van der Waals surface area contributed by atoms with E-state index in [-0.39, 0.29) is 10.8 Å². The molecular weight excluding hydrogens is 663 g/mol. The summed E-state index contributed by atoms with van der Waals surface area (Å²) in [5.74, 6) is 3.44. The molecule has 0 amide bonds. The normalized spacial score (nSPS) is 21.8. The zero-order valence-electron chi connectivity index (χ0n) is 28.2. The molecule has 2 aromatic carbocycles. The molecule has 6 rings (SSSR count). The average molecular weight is 706 g/mol. The van der Waals surface area contributed by atoms with Crippen LogP contribution in [0.1, 0.15) is 132 Å². The Morgan fingerprint density at radius 2 is 0.940 bits per heavy atom. The van der Waals surface area contributed by atoms with Crippen LogP contribution in [0.4, 0.5) is 0 Å². The fourth-order valence-corrected chi connectivity index (χ4v) is 8.18. The van der Waals surface area contributed by atoms with Crippen LogP contribution in [0.3, 0.4) is 0 Å². The number of aromatic nitrogens is 4. The average Bonchev–Trinajstić information content (AvgIpc) is 3.16. The summed E-state index contributed by atoms with van der Waals surface area (Å²) in [5.41, 5.74) is 5.68. The second-order valence-electron chi connectivity index (χ2n) is 14.1. The van der Waals surface area contributed by atoms with Gasteiger partial charge in [0.2, 0.25) is 0 Å². The predicted molar refractivity (Wildman–Crippen MR) is 195 cm³/mol. The topological polar surface area (TPSA) is 116 Å². The van der Waals surface area contributed by atoms with Crippen molar-refractivity contribution in [1.29, 1.82) is 10.5 Å². The van der Waals surface area contributed by atoms with Crippen molar-refractivity contribution < 1.29 is 4.79 Å². The molecule has 0 bridgehead atoms. The minimum Gasteiger partial charge on any atom is -0.300 e. The summed E-state index contributed by atoms with van der Waals surface area (Å²) in [5, 5.41) is 17.3. The van der Waals surface area contributed by atoms with Crippen molar-refractivity contribution in [1.82, 2.24) is 19.9 Å². The Balaban J connectivity index is 0.890. The number of nitriles is 2. The van der Waals surface area contributed by atoms with Crippen molar-refractivity contribution in [2.45, 2.75) is 99.6 Å². The summed E-state index contributed by atoms with van der Waals surface area (Å²) in [7, 11) is 0. The van der Waals surface area contributed by atoms with Gasteiger partial charge < -0.3 is 0 Å². The van der Waals surface area contributed by atoms with E-state index in [9.17, 15) is 4.79 Å². The van der Waals surface area contributed by atoms with Crippen LogP contribution >= 0.6 is 23.2 Å². The van der Waals surface area contributed by atoms with Gasteiger partial charge in [-0.3, -0.25) is 4.79 Å². The highest BCUT2D eigenvalue weighted by atomic mass is 35.5. The largest absolute Gasteiger partial charge is 0.300 e. The number of ketones is 1. The number of Topliss-reactive ketones (excluding diaryl/α,β-unsaturated/α-hetero) is 1. The first-order valence-electron chi connectivity index (χ1n) is 17.8. The number of halogens is 2. The number of rotatable bonds is 12. The standard InChI is InChI=1S/C41H42Cl2N6O/c42-38(19-29-1-5-31(21-44)6-2-29)40-46-23-35(24-47-40)33-13-9-27(10-14-33)17-37(50)18-28-11-15-34(16-12-28)36-25-48-41(49-26-36)39(43)20-30-3-7-32(22-45)8-4-30/h1-8,23-28,33-34,38-39H,9-20H2. The van der Waals surface area contributed by atoms with Crippen molar-refractivity contribution in [3.8, 4) is 12.1 Å². The number of benzene rings is 2. The van der Waals surface area contributed by atoms with Crippen LogP contribution in [0.2, 0.25) is 0 Å². The van der Waals surface area contributed by atoms with E-state index in [4.69, 9.17) is 33.7 Å². The first-order chi connectivity index (χ1) is 24.4. The maximum atomic E-state index is 13.1. The molecule has 2 unspecified atom stereocenters. The first kappa shape index (κ1) is 35.6. The molecule has 4 aromatic rings. The molecule has 9 heteroatoms. The summed E-state index contributed by atoms with van der Waals surface area (Å²) in [6.45, 7) is 0. The number of alkyl halides is 2. The quantitative estimate of drug-likeness (QED) is 0.135. The van der Waals surface area contributed by atoms with Gasteiger partial charge in [0.15, 0.2) is 0 Å². The number of carbonyl (C=O) groups excluding carboxylic acids is 1. The van der Waals surface area contributed by atoms with E-state index >= 15 is 0 Å². The third kappa shape index (κ3) is 9.53. The molecule has 256 valence electrons. The Kier molecular flexibility index (Phi) is 12.2. The maximum absolute atomic E-state index is 13.1. The van der Waals surface area contributed by atoms with Gasteiger partial charge in [0, 0.05) is 37.6 Å². The zero-order valence-corrected chi connectivity index (χ0v) is 29.7. The molecule has 0 N–H and O–H groups in total. The third-order valence-corrected chi connectivity index (χ3v) is 11.3. The van der Waals surface area contributed by atoms with Crippen LogP contribution in [0.5, 0.6) is 0 Å². The molecular formula is C41H42Cl2N6O. The number of nitrogens with zero attached hydrogens (tertiary/aromatic N) is 6. The summed E-state index contributed by atoms with van der Waals surface area (Å²) in [4.78, 5) is 31.5. The number of hydrogen-bond donors (Lipinski definition) is 0. The predicted octanol–water partition coefficient (Wildman–Crippen LogP) is 9.65. The van der Waals surface area contributed by atoms with Gasteiger partial charge in [-0.2, -0.15) is 10.5 Å². The van der Waals surface area contributed by atoms with Crippen molar-refractivity contribution >= 4 is 29.0 Å². The molecule has 2 atom stereocenters. The highest BCUT2D eigenvalue weighted by molar-refractivity contribution is 6.20. The smallest absolute Gasteiger partial charge is 0.146 e. The van der Waals surface area contributed by atoms with Gasteiger partial charge in [0.25, 0.3) is 0 Å². The molecule has 2 fully saturated rings. The van der Waals surface area contributed by atoms with Gasteiger partial charge in [-0.05, 0) is 134 Å². The van der Waals surface area contributed by atoms with E-state index in [2.05, 4.69) is 32.1 Å². The Hall–Kier alpha value is -4.17. The van der Waals surface area contributed by atoms with Crippen LogP contribution in [-0.4, -0.2) is 25.7 Å². The fraction of sp³-hybridized carbons (Fsp3) is 0.439. The SMILES string of the molecule is N#Cc1ccc(CC(Cl)c2ncc(C3CCC(CC(=O)CC4CCC(c5cnc(C(Cl)Cc6ccc(C#N)cc6)nc5)CC4)CC3)cn2)cc1. The minimum absolute atomic E-state index is 0.328. The van der Waals surface area contributed by atoms with E-state index in [1.165, 1.54) is 0 Å². The summed E-state index contributed by atoms with van der Waals surface area (Å²) in [6, 6.07) is 19.2. The van der Waals surface area contributed by atoms with E-state index in [0.29, 0.717) is 77.9 Å². The van der Waals surface area contributed by atoms with E-state index in [1.54, 1.807) is 24.3 Å². The summed E-state index contributed by atoms with van der Waals surface area (Å²) in [6.07, 6.45) is 18.8. The maximum Gasteiger partial charge on any atom is 0.146 e. The van der Waals surface area contributed by atoms with Gasteiger partial charge in [-0.25, -0.2) is 19.9 Å².